The normalized spacial score (nSPS) is 22.9. The lowest BCUT2D eigenvalue weighted by molar-refractivity contribution is 0.443. The van der Waals surface area contributed by atoms with Gasteiger partial charge in [0.25, 0.3) is 0 Å². The molecule has 0 aliphatic heterocycles. The van der Waals surface area contributed by atoms with E-state index < -0.39 is 0 Å². The van der Waals surface area contributed by atoms with Crippen LogP contribution in [0, 0.1) is 5.92 Å². The molecule has 1 N–H and O–H groups in total. The fourth-order valence-electron chi connectivity index (χ4n) is 2.12. The Balaban J connectivity index is 1.61. The molecular formula is C14H23NOS. The van der Waals surface area contributed by atoms with Crippen molar-refractivity contribution in [3.63, 3.8) is 0 Å². The smallest absolute Gasteiger partial charge is 0.117 e. The maximum Gasteiger partial charge on any atom is 0.117 e. The molecule has 2 unspecified atom stereocenters. The third-order valence-corrected chi connectivity index (χ3v) is 4.11. The highest BCUT2D eigenvalue weighted by Gasteiger charge is 2.36. The molecule has 1 aromatic heterocycles. The van der Waals surface area contributed by atoms with Gasteiger partial charge in [0, 0.05) is 5.92 Å². The highest BCUT2D eigenvalue weighted by molar-refractivity contribution is 7.98. The van der Waals surface area contributed by atoms with Gasteiger partial charge < -0.3 is 9.73 Å². The van der Waals surface area contributed by atoms with Crippen LogP contribution in [0.15, 0.2) is 16.5 Å². The van der Waals surface area contributed by atoms with Crippen LogP contribution in [0.4, 0.5) is 0 Å². The summed E-state index contributed by atoms with van der Waals surface area (Å²) in [4.78, 5) is 0. The summed E-state index contributed by atoms with van der Waals surface area (Å²) in [6.45, 7) is 4.26. The zero-order valence-corrected chi connectivity index (χ0v) is 11.7. The number of rotatable bonds is 8. The Bertz CT molecular complexity index is 337. The molecule has 1 aliphatic rings. The minimum absolute atomic E-state index is 0.699. The molecule has 1 saturated carbocycles. The van der Waals surface area contributed by atoms with Crippen molar-refractivity contribution < 1.29 is 4.42 Å². The predicted octanol–water partition coefficient (Wildman–Crippen LogP) is 3.64. The summed E-state index contributed by atoms with van der Waals surface area (Å²) >= 11 is 1.92. The summed E-state index contributed by atoms with van der Waals surface area (Å²) in [6, 6.07) is 4.27. The van der Waals surface area contributed by atoms with Crippen molar-refractivity contribution in [1.29, 1.82) is 0 Å². The van der Waals surface area contributed by atoms with Crippen molar-refractivity contribution in [2.45, 2.75) is 38.6 Å². The van der Waals surface area contributed by atoms with Gasteiger partial charge in [-0.2, -0.15) is 11.8 Å². The minimum Gasteiger partial charge on any atom is -0.464 e. The van der Waals surface area contributed by atoms with E-state index in [1.165, 1.54) is 30.8 Å². The summed E-state index contributed by atoms with van der Waals surface area (Å²) in [5.74, 6) is 5.08. The summed E-state index contributed by atoms with van der Waals surface area (Å²) in [7, 11) is 0. The maximum absolute atomic E-state index is 5.84. The van der Waals surface area contributed by atoms with Gasteiger partial charge in [-0.3, -0.25) is 0 Å². The number of unbranched alkanes of at least 4 members (excludes halogenated alkanes) is 1. The SMILES string of the molecule is CSCCCCNCc1ccc(C2CC2C)o1. The second-order valence-electron chi connectivity index (χ2n) is 5.00. The molecule has 0 saturated heterocycles. The molecule has 0 bridgehead atoms. The maximum atomic E-state index is 5.84. The molecule has 3 heteroatoms. The Kier molecular flexibility index (Phi) is 4.99. The Hall–Kier alpha value is -0.410. The Morgan fingerprint density at radius 2 is 2.24 bits per heavy atom. The van der Waals surface area contributed by atoms with Crippen molar-refractivity contribution in [1.82, 2.24) is 5.32 Å². The van der Waals surface area contributed by atoms with Crippen LogP contribution >= 0.6 is 11.8 Å². The van der Waals surface area contributed by atoms with E-state index in [9.17, 15) is 0 Å². The van der Waals surface area contributed by atoms with Gasteiger partial charge in [0.05, 0.1) is 6.54 Å². The highest BCUT2D eigenvalue weighted by atomic mass is 32.2. The van der Waals surface area contributed by atoms with Crippen LogP contribution in [0.2, 0.25) is 0 Å². The summed E-state index contributed by atoms with van der Waals surface area (Å²) < 4.78 is 5.84. The number of hydrogen-bond acceptors (Lipinski definition) is 3. The van der Waals surface area contributed by atoms with E-state index in [4.69, 9.17) is 4.42 Å². The quantitative estimate of drug-likeness (QED) is 0.716. The lowest BCUT2D eigenvalue weighted by atomic mass is 10.3. The van der Waals surface area contributed by atoms with Crippen molar-refractivity contribution in [3.8, 4) is 0 Å². The van der Waals surface area contributed by atoms with Gasteiger partial charge in [0.1, 0.15) is 11.5 Å². The molecule has 1 fully saturated rings. The molecule has 96 valence electrons. The van der Waals surface area contributed by atoms with Gasteiger partial charge in [-0.05, 0) is 55.9 Å². The molecule has 17 heavy (non-hydrogen) atoms. The fraction of sp³-hybridized carbons (Fsp3) is 0.714. The summed E-state index contributed by atoms with van der Waals surface area (Å²) in [5, 5.41) is 3.44. The zero-order chi connectivity index (χ0) is 12.1. The molecule has 0 aromatic carbocycles. The molecule has 2 atom stereocenters. The first-order valence-electron chi connectivity index (χ1n) is 6.59. The van der Waals surface area contributed by atoms with Crippen molar-refractivity contribution >= 4 is 11.8 Å². The van der Waals surface area contributed by atoms with Crippen LogP contribution < -0.4 is 5.32 Å². The van der Waals surface area contributed by atoms with E-state index >= 15 is 0 Å². The number of thioether (sulfide) groups is 1. The second kappa shape index (κ2) is 6.50. The summed E-state index contributed by atoms with van der Waals surface area (Å²) in [5.41, 5.74) is 0. The van der Waals surface area contributed by atoms with Gasteiger partial charge in [0.2, 0.25) is 0 Å². The van der Waals surface area contributed by atoms with E-state index in [1.54, 1.807) is 0 Å². The molecule has 0 radical (unpaired) electrons. The molecule has 2 rings (SSSR count). The molecule has 0 amide bonds. The predicted molar refractivity (Wildman–Crippen MR) is 74.6 cm³/mol. The van der Waals surface area contributed by atoms with Crippen LogP contribution in [0.1, 0.15) is 43.6 Å². The topological polar surface area (TPSA) is 25.2 Å². The van der Waals surface area contributed by atoms with Crippen LogP contribution in [0.5, 0.6) is 0 Å². The van der Waals surface area contributed by atoms with E-state index in [-0.39, 0.29) is 0 Å². The van der Waals surface area contributed by atoms with Crippen LogP contribution in [-0.2, 0) is 6.54 Å². The summed E-state index contributed by atoms with van der Waals surface area (Å²) in [6.07, 6.45) is 6.02. The van der Waals surface area contributed by atoms with E-state index in [2.05, 4.69) is 30.6 Å². The molecule has 1 aromatic rings. The largest absolute Gasteiger partial charge is 0.464 e. The van der Waals surface area contributed by atoms with Gasteiger partial charge in [-0.1, -0.05) is 6.92 Å². The fourth-order valence-corrected chi connectivity index (χ4v) is 2.61. The van der Waals surface area contributed by atoms with Crippen molar-refractivity contribution in [3.05, 3.63) is 23.7 Å². The Morgan fingerprint density at radius 1 is 1.41 bits per heavy atom. The van der Waals surface area contributed by atoms with E-state index in [0.29, 0.717) is 5.92 Å². The average molecular weight is 253 g/mol. The van der Waals surface area contributed by atoms with E-state index in [1.807, 2.05) is 11.8 Å². The first-order valence-corrected chi connectivity index (χ1v) is 7.99. The second-order valence-corrected chi connectivity index (χ2v) is 5.99. The first-order chi connectivity index (χ1) is 8.31. The van der Waals surface area contributed by atoms with Crippen LogP contribution in [0.3, 0.4) is 0 Å². The van der Waals surface area contributed by atoms with Gasteiger partial charge >= 0.3 is 0 Å². The Labute approximate surface area is 109 Å². The minimum atomic E-state index is 0.699. The third-order valence-electron chi connectivity index (χ3n) is 3.41. The molecule has 1 aliphatic carbocycles. The number of furan rings is 1. The molecule has 2 nitrogen and oxygen atoms in total. The van der Waals surface area contributed by atoms with Crippen molar-refractivity contribution in [2.75, 3.05) is 18.6 Å². The van der Waals surface area contributed by atoms with Crippen molar-refractivity contribution in [2.24, 2.45) is 5.92 Å². The standard InChI is InChI=1S/C14H23NOS/c1-11-9-13(11)14-6-5-12(16-14)10-15-7-3-4-8-17-2/h5-6,11,13,15H,3-4,7-10H2,1-2H3. The first kappa shape index (κ1) is 13.0. The molecule has 0 spiro atoms. The van der Waals surface area contributed by atoms with Gasteiger partial charge in [0.15, 0.2) is 0 Å². The lowest BCUT2D eigenvalue weighted by Gasteiger charge is -2.02. The average Bonchev–Trinajstić information content (AvgIpc) is 2.89. The Morgan fingerprint density at radius 3 is 2.94 bits per heavy atom. The van der Waals surface area contributed by atoms with E-state index in [0.717, 1.165) is 24.8 Å². The van der Waals surface area contributed by atoms with Crippen LogP contribution in [-0.4, -0.2) is 18.6 Å². The molecule has 1 heterocycles. The number of nitrogens with one attached hydrogen (secondary N) is 1. The third kappa shape index (κ3) is 4.07. The monoisotopic (exact) mass is 253 g/mol. The van der Waals surface area contributed by atoms with Crippen LogP contribution in [0.25, 0.3) is 0 Å². The number of hydrogen-bond donors (Lipinski definition) is 1. The van der Waals surface area contributed by atoms with Gasteiger partial charge in [-0.25, -0.2) is 0 Å². The highest BCUT2D eigenvalue weighted by Crippen LogP contribution is 2.47. The lowest BCUT2D eigenvalue weighted by Crippen LogP contribution is -2.14. The molecular weight excluding hydrogens is 230 g/mol. The van der Waals surface area contributed by atoms with Gasteiger partial charge in [-0.15, -0.1) is 0 Å². The zero-order valence-electron chi connectivity index (χ0n) is 10.9.